The van der Waals surface area contributed by atoms with Crippen LogP contribution in [0.15, 0.2) is 45.6 Å². The largest absolute Gasteiger partial charge is 0.310 e. The summed E-state index contributed by atoms with van der Waals surface area (Å²) >= 11 is 7.23. The van der Waals surface area contributed by atoms with Crippen molar-refractivity contribution in [2.45, 2.75) is 32.7 Å². The summed E-state index contributed by atoms with van der Waals surface area (Å²) in [7, 11) is 0. The Morgan fingerprint density at radius 2 is 2.05 bits per heavy atom. The molecule has 0 aliphatic heterocycles. The Kier molecular flexibility index (Phi) is 6.40. The molecule has 2 nitrogen and oxygen atoms in total. The van der Waals surface area contributed by atoms with Crippen LogP contribution in [0.5, 0.6) is 0 Å². The molecule has 0 fully saturated rings. The number of pyridine rings is 1. The fourth-order valence-corrected chi connectivity index (χ4v) is 3.31. The Labute approximate surface area is 143 Å². The minimum atomic E-state index is 0.287. The first-order valence-electron chi connectivity index (χ1n) is 7.19. The van der Waals surface area contributed by atoms with E-state index in [1.807, 2.05) is 12.4 Å². The van der Waals surface area contributed by atoms with Crippen LogP contribution < -0.4 is 5.32 Å². The van der Waals surface area contributed by atoms with Gasteiger partial charge in [0.15, 0.2) is 0 Å². The van der Waals surface area contributed by atoms with Crippen molar-refractivity contribution in [2.24, 2.45) is 0 Å². The van der Waals surface area contributed by atoms with Gasteiger partial charge in [-0.25, -0.2) is 0 Å². The predicted octanol–water partition coefficient (Wildman–Crippen LogP) is 5.20. The van der Waals surface area contributed by atoms with E-state index in [1.165, 1.54) is 21.2 Å². The van der Waals surface area contributed by atoms with E-state index in [0.29, 0.717) is 0 Å². The highest BCUT2D eigenvalue weighted by molar-refractivity contribution is 9.10. The van der Waals surface area contributed by atoms with Crippen LogP contribution in [-0.4, -0.2) is 11.5 Å². The maximum absolute atomic E-state index is 4.26. The van der Waals surface area contributed by atoms with Crippen molar-refractivity contribution in [3.05, 3.63) is 62.3 Å². The molecule has 1 unspecified atom stereocenters. The van der Waals surface area contributed by atoms with Gasteiger partial charge in [0, 0.05) is 27.4 Å². The summed E-state index contributed by atoms with van der Waals surface area (Å²) in [6.07, 6.45) is 5.81. The van der Waals surface area contributed by atoms with Gasteiger partial charge in [0.25, 0.3) is 0 Å². The highest BCUT2D eigenvalue weighted by Gasteiger charge is 2.15. The lowest BCUT2D eigenvalue weighted by molar-refractivity contribution is 0.526. The summed E-state index contributed by atoms with van der Waals surface area (Å²) in [5.74, 6) is 0. The molecule has 0 radical (unpaired) electrons. The highest BCUT2D eigenvalue weighted by Crippen LogP contribution is 2.29. The van der Waals surface area contributed by atoms with Crippen LogP contribution >= 0.6 is 31.9 Å². The summed E-state index contributed by atoms with van der Waals surface area (Å²) in [6, 6.07) is 8.86. The molecule has 0 aliphatic rings. The van der Waals surface area contributed by atoms with E-state index in [9.17, 15) is 0 Å². The molecular weight excluding hydrogens is 392 g/mol. The van der Waals surface area contributed by atoms with Gasteiger partial charge in [-0.05, 0) is 65.0 Å². The van der Waals surface area contributed by atoms with Gasteiger partial charge in [-0.15, -0.1) is 0 Å². The van der Waals surface area contributed by atoms with Crippen LogP contribution in [0.25, 0.3) is 0 Å². The molecule has 1 atom stereocenters. The third kappa shape index (κ3) is 4.63. The first kappa shape index (κ1) is 16.7. The van der Waals surface area contributed by atoms with Crippen LogP contribution in [-0.2, 0) is 6.42 Å². The van der Waals surface area contributed by atoms with Gasteiger partial charge in [0.05, 0.1) is 0 Å². The fraction of sp³-hybridized carbons (Fsp3) is 0.353. The van der Waals surface area contributed by atoms with Gasteiger partial charge in [-0.2, -0.15) is 0 Å². The first-order valence-corrected chi connectivity index (χ1v) is 8.78. The van der Waals surface area contributed by atoms with E-state index in [2.05, 4.69) is 80.3 Å². The molecule has 21 heavy (non-hydrogen) atoms. The number of rotatable bonds is 6. The minimum absolute atomic E-state index is 0.287. The van der Waals surface area contributed by atoms with E-state index in [1.54, 1.807) is 0 Å². The second-order valence-electron chi connectivity index (χ2n) is 5.20. The van der Waals surface area contributed by atoms with Gasteiger partial charge in [0.2, 0.25) is 0 Å². The van der Waals surface area contributed by atoms with E-state index in [-0.39, 0.29) is 6.04 Å². The quantitative estimate of drug-likeness (QED) is 0.706. The number of nitrogens with one attached hydrogen (secondary N) is 1. The van der Waals surface area contributed by atoms with E-state index in [0.717, 1.165) is 23.9 Å². The van der Waals surface area contributed by atoms with Gasteiger partial charge in [-0.1, -0.05) is 41.1 Å². The van der Waals surface area contributed by atoms with E-state index >= 15 is 0 Å². The van der Waals surface area contributed by atoms with Crippen molar-refractivity contribution in [2.75, 3.05) is 6.54 Å². The third-order valence-corrected chi connectivity index (χ3v) is 4.96. The number of aromatic nitrogens is 1. The Hall–Kier alpha value is -0.710. The Bertz CT molecular complexity index is 599. The smallest absolute Gasteiger partial charge is 0.0410 e. The molecule has 0 spiro atoms. The molecule has 1 aromatic carbocycles. The molecule has 2 rings (SSSR count). The second-order valence-corrected chi connectivity index (χ2v) is 6.91. The van der Waals surface area contributed by atoms with Crippen molar-refractivity contribution in [3.63, 3.8) is 0 Å². The number of hydrogen-bond donors (Lipinski definition) is 1. The molecule has 0 amide bonds. The van der Waals surface area contributed by atoms with Crippen LogP contribution in [0.1, 0.15) is 36.1 Å². The standard InChI is InChI=1S/C17H20Br2N2/c1-3-7-21-16(9-13-8-14(18)11-20-10-13)15-6-4-5-12(2)17(15)19/h4-6,8,10-11,16,21H,3,7,9H2,1-2H3. The van der Waals surface area contributed by atoms with Crippen molar-refractivity contribution < 1.29 is 0 Å². The Morgan fingerprint density at radius 3 is 2.76 bits per heavy atom. The summed E-state index contributed by atoms with van der Waals surface area (Å²) in [6.45, 7) is 5.33. The topological polar surface area (TPSA) is 24.9 Å². The van der Waals surface area contributed by atoms with Gasteiger partial charge in [-0.3, -0.25) is 4.98 Å². The Morgan fingerprint density at radius 1 is 1.24 bits per heavy atom. The zero-order chi connectivity index (χ0) is 15.2. The summed E-state index contributed by atoms with van der Waals surface area (Å²) < 4.78 is 2.22. The second kappa shape index (κ2) is 8.06. The average Bonchev–Trinajstić information content (AvgIpc) is 2.47. The third-order valence-electron chi connectivity index (χ3n) is 3.44. The molecule has 4 heteroatoms. The van der Waals surface area contributed by atoms with Gasteiger partial charge < -0.3 is 5.32 Å². The first-order chi connectivity index (χ1) is 10.1. The van der Waals surface area contributed by atoms with Crippen molar-refractivity contribution in [1.82, 2.24) is 10.3 Å². The van der Waals surface area contributed by atoms with Crippen LogP contribution in [0.3, 0.4) is 0 Å². The molecule has 0 aliphatic carbocycles. The monoisotopic (exact) mass is 410 g/mol. The number of hydrogen-bond acceptors (Lipinski definition) is 2. The van der Waals surface area contributed by atoms with Crippen LogP contribution in [0.4, 0.5) is 0 Å². The fourth-order valence-electron chi connectivity index (χ4n) is 2.35. The maximum atomic E-state index is 4.26. The van der Waals surface area contributed by atoms with E-state index < -0.39 is 0 Å². The zero-order valence-electron chi connectivity index (χ0n) is 12.4. The lowest BCUT2D eigenvalue weighted by atomic mass is 9.98. The molecule has 0 saturated carbocycles. The normalized spacial score (nSPS) is 12.4. The van der Waals surface area contributed by atoms with Crippen LogP contribution in [0, 0.1) is 6.92 Å². The lowest BCUT2D eigenvalue weighted by Crippen LogP contribution is -2.24. The summed E-state index contributed by atoms with van der Waals surface area (Å²) in [5, 5.41) is 3.65. The van der Waals surface area contributed by atoms with Crippen molar-refractivity contribution in [3.8, 4) is 0 Å². The average molecular weight is 412 g/mol. The molecular formula is C17H20Br2N2. The Balaban J connectivity index is 2.27. The molecule has 1 aromatic heterocycles. The molecule has 0 bridgehead atoms. The SMILES string of the molecule is CCCNC(Cc1cncc(Br)c1)c1cccc(C)c1Br. The predicted molar refractivity (Wildman–Crippen MR) is 95.6 cm³/mol. The zero-order valence-corrected chi connectivity index (χ0v) is 15.5. The minimum Gasteiger partial charge on any atom is -0.310 e. The van der Waals surface area contributed by atoms with Crippen LogP contribution in [0.2, 0.25) is 0 Å². The maximum Gasteiger partial charge on any atom is 0.0410 e. The lowest BCUT2D eigenvalue weighted by Gasteiger charge is -2.21. The van der Waals surface area contributed by atoms with Crippen molar-refractivity contribution >= 4 is 31.9 Å². The number of aryl methyl sites for hydroxylation is 1. The molecule has 112 valence electrons. The van der Waals surface area contributed by atoms with Gasteiger partial charge >= 0.3 is 0 Å². The van der Waals surface area contributed by atoms with Gasteiger partial charge in [0.1, 0.15) is 0 Å². The number of halogens is 2. The number of benzene rings is 1. The number of nitrogens with zero attached hydrogens (tertiary/aromatic N) is 1. The molecule has 1 N–H and O–H groups in total. The molecule has 1 heterocycles. The summed E-state index contributed by atoms with van der Waals surface area (Å²) in [4.78, 5) is 4.26. The summed E-state index contributed by atoms with van der Waals surface area (Å²) in [5.41, 5.74) is 3.80. The highest BCUT2D eigenvalue weighted by atomic mass is 79.9. The molecule has 0 saturated heterocycles. The molecule has 2 aromatic rings. The van der Waals surface area contributed by atoms with Crippen molar-refractivity contribution in [1.29, 1.82) is 0 Å². The van der Waals surface area contributed by atoms with E-state index in [4.69, 9.17) is 0 Å².